The van der Waals surface area contributed by atoms with E-state index < -0.39 is 16.6 Å². The zero-order valence-electron chi connectivity index (χ0n) is 8.09. The number of primary sulfonamides is 1. The first-order valence-corrected chi connectivity index (χ1v) is 6.52. The molecule has 14 heavy (non-hydrogen) atoms. The van der Waals surface area contributed by atoms with Gasteiger partial charge in [-0.2, -0.15) is 0 Å². The molecule has 4 nitrogen and oxygen atoms in total. The molecule has 82 valence electrons. The van der Waals surface area contributed by atoms with E-state index in [-0.39, 0.29) is 5.75 Å². The quantitative estimate of drug-likeness (QED) is 0.653. The van der Waals surface area contributed by atoms with Gasteiger partial charge in [-0.25, -0.2) is 13.6 Å². The van der Waals surface area contributed by atoms with Crippen molar-refractivity contribution >= 4 is 10.0 Å². The maximum atomic E-state index is 9.85. The summed E-state index contributed by atoms with van der Waals surface area (Å²) in [5.41, 5.74) is 0. The Morgan fingerprint density at radius 2 is 1.79 bits per heavy atom. The van der Waals surface area contributed by atoms with Crippen LogP contribution in [0.15, 0.2) is 12.2 Å². The molecular weight excluding hydrogens is 202 g/mol. The molecule has 0 saturated heterocycles. The predicted molar refractivity (Wildman–Crippen MR) is 55.0 cm³/mol. The topological polar surface area (TPSA) is 80.4 Å². The molecule has 2 atom stereocenters. The van der Waals surface area contributed by atoms with Crippen LogP contribution < -0.4 is 5.14 Å². The van der Waals surface area contributed by atoms with Crippen LogP contribution in [-0.4, -0.2) is 25.9 Å². The summed E-state index contributed by atoms with van der Waals surface area (Å²) in [4.78, 5) is 0. The molecule has 0 aromatic rings. The molecule has 0 radical (unpaired) electrons. The zero-order valence-corrected chi connectivity index (χ0v) is 8.91. The van der Waals surface area contributed by atoms with Crippen LogP contribution in [0.2, 0.25) is 0 Å². The van der Waals surface area contributed by atoms with Gasteiger partial charge in [-0.15, -0.1) is 0 Å². The largest absolute Gasteiger partial charge is 0.395 e. The lowest BCUT2D eigenvalue weighted by atomic mass is 10.1. The lowest BCUT2D eigenvalue weighted by Crippen LogP contribution is -2.18. The second-order valence-corrected chi connectivity index (χ2v) is 5.54. The van der Waals surface area contributed by atoms with Crippen molar-refractivity contribution in [2.45, 2.75) is 19.3 Å². The standard InChI is InChI=1S/C7H10.C2H7NO3S/c1-2-7-4-3-6(1)5-7;3-7(5,6)2-1-4/h1-2,6-7H,3-5H2;4H,1-2H2,(H2,3,5,6). The molecule has 2 aliphatic rings. The summed E-state index contributed by atoms with van der Waals surface area (Å²) >= 11 is 0. The Balaban J connectivity index is 0.000000140. The number of hydrogen-bond acceptors (Lipinski definition) is 3. The van der Waals surface area contributed by atoms with Crippen molar-refractivity contribution < 1.29 is 13.5 Å². The van der Waals surface area contributed by atoms with Crippen LogP contribution in [0.5, 0.6) is 0 Å². The molecule has 0 aliphatic heterocycles. The Morgan fingerprint density at radius 3 is 1.86 bits per heavy atom. The van der Waals surface area contributed by atoms with Crippen LogP contribution in [0, 0.1) is 11.8 Å². The van der Waals surface area contributed by atoms with Crippen LogP contribution in [-0.2, 0) is 10.0 Å². The summed E-state index contributed by atoms with van der Waals surface area (Å²) in [7, 11) is -3.42. The first-order valence-electron chi connectivity index (χ1n) is 4.81. The molecule has 0 aromatic carbocycles. The van der Waals surface area contributed by atoms with E-state index in [4.69, 9.17) is 5.11 Å². The highest BCUT2D eigenvalue weighted by molar-refractivity contribution is 7.89. The van der Waals surface area contributed by atoms with E-state index in [1.807, 2.05) is 0 Å². The lowest BCUT2D eigenvalue weighted by Gasteiger charge is -1.96. The third-order valence-electron chi connectivity index (χ3n) is 2.54. The Hall–Kier alpha value is -0.390. The van der Waals surface area contributed by atoms with Gasteiger partial charge in [0.25, 0.3) is 0 Å². The summed E-state index contributed by atoms with van der Waals surface area (Å²) in [5.74, 6) is 1.63. The molecule has 0 aromatic heterocycles. The van der Waals surface area contributed by atoms with Gasteiger partial charge in [0.05, 0.1) is 12.4 Å². The number of fused-ring (bicyclic) bond motifs is 2. The summed E-state index contributed by atoms with van der Waals surface area (Å²) in [5, 5.41) is 12.4. The monoisotopic (exact) mass is 219 g/mol. The minimum Gasteiger partial charge on any atom is -0.395 e. The minimum absolute atomic E-state index is 0.354. The first kappa shape index (κ1) is 11.7. The van der Waals surface area contributed by atoms with Gasteiger partial charge in [0.1, 0.15) is 0 Å². The normalized spacial score (nSPS) is 28.7. The van der Waals surface area contributed by atoms with Crippen LogP contribution in [0.4, 0.5) is 0 Å². The van der Waals surface area contributed by atoms with E-state index in [1.54, 1.807) is 0 Å². The summed E-state index contributed by atoms with van der Waals surface area (Å²) in [6.07, 6.45) is 9.19. The van der Waals surface area contributed by atoms with Crippen LogP contribution >= 0.6 is 0 Å². The van der Waals surface area contributed by atoms with Gasteiger partial charge in [-0.1, -0.05) is 12.2 Å². The highest BCUT2D eigenvalue weighted by atomic mass is 32.2. The maximum absolute atomic E-state index is 9.85. The summed E-state index contributed by atoms with van der Waals surface area (Å²) in [6.45, 7) is -0.404. The third kappa shape index (κ3) is 4.21. The van der Waals surface area contributed by atoms with Crippen molar-refractivity contribution in [2.24, 2.45) is 17.0 Å². The highest BCUT2D eigenvalue weighted by Crippen LogP contribution is 2.38. The molecule has 3 N–H and O–H groups in total. The second-order valence-electron chi connectivity index (χ2n) is 3.81. The summed E-state index contributed by atoms with van der Waals surface area (Å²) < 4.78 is 19.7. The Labute approximate surface area is 84.9 Å². The molecule has 2 bridgehead atoms. The number of sulfonamides is 1. The predicted octanol–water partition coefficient (Wildman–Crippen LogP) is 0.240. The molecule has 1 fully saturated rings. The lowest BCUT2D eigenvalue weighted by molar-refractivity contribution is 0.319. The number of aliphatic hydroxyl groups is 1. The highest BCUT2D eigenvalue weighted by Gasteiger charge is 2.25. The molecule has 5 heteroatoms. The van der Waals surface area contributed by atoms with Crippen molar-refractivity contribution in [1.82, 2.24) is 0 Å². The number of hydrogen-bond donors (Lipinski definition) is 2. The second kappa shape index (κ2) is 4.91. The molecule has 0 amide bonds. The minimum atomic E-state index is -3.42. The van der Waals surface area contributed by atoms with Gasteiger partial charge in [0.2, 0.25) is 10.0 Å². The fourth-order valence-corrected chi connectivity index (χ4v) is 2.10. The molecule has 2 aliphatic carbocycles. The fourth-order valence-electron chi connectivity index (χ4n) is 1.84. The van der Waals surface area contributed by atoms with Gasteiger partial charge in [0, 0.05) is 0 Å². The molecule has 0 spiro atoms. The molecular formula is C9H17NO3S. The van der Waals surface area contributed by atoms with Gasteiger partial charge in [0.15, 0.2) is 0 Å². The molecule has 2 unspecified atom stereocenters. The molecule has 0 heterocycles. The average Bonchev–Trinajstić information content (AvgIpc) is 2.64. The number of rotatable bonds is 2. The van der Waals surface area contributed by atoms with Crippen molar-refractivity contribution in [1.29, 1.82) is 0 Å². The number of nitrogens with two attached hydrogens (primary N) is 1. The SMILES string of the molecule is C1=CC2CCC1C2.NS(=O)(=O)CCO. The fraction of sp³-hybridized carbons (Fsp3) is 0.778. The Morgan fingerprint density at radius 1 is 1.29 bits per heavy atom. The first-order chi connectivity index (χ1) is 6.51. The van der Waals surface area contributed by atoms with Gasteiger partial charge in [-0.3, -0.25) is 0 Å². The van der Waals surface area contributed by atoms with E-state index >= 15 is 0 Å². The Kier molecular flexibility index (Phi) is 4.10. The molecule has 2 rings (SSSR count). The van der Waals surface area contributed by atoms with Gasteiger partial charge < -0.3 is 5.11 Å². The van der Waals surface area contributed by atoms with E-state index in [0.29, 0.717) is 0 Å². The van der Waals surface area contributed by atoms with E-state index in [9.17, 15) is 8.42 Å². The number of aliphatic hydroxyl groups excluding tert-OH is 1. The van der Waals surface area contributed by atoms with Crippen molar-refractivity contribution in [3.8, 4) is 0 Å². The van der Waals surface area contributed by atoms with E-state index in [2.05, 4.69) is 17.3 Å². The van der Waals surface area contributed by atoms with Crippen molar-refractivity contribution in [3.63, 3.8) is 0 Å². The number of allylic oxidation sites excluding steroid dienone is 2. The van der Waals surface area contributed by atoms with E-state index in [1.165, 1.54) is 19.3 Å². The van der Waals surface area contributed by atoms with Crippen LogP contribution in [0.3, 0.4) is 0 Å². The van der Waals surface area contributed by atoms with Crippen LogP contribution in [0.25, 0.3) is 0 Å². The van der Waals surface area contributed by atoms with Crippen molar-refractivity contribution in [2.75, 3.05) is 12.4 Å². The van der Waals surface area contributed by atoms with Crippen LogP contribution in [0.1, 0.15) is 19.3 Å². The van der Waals surface area contributed by atoms with Crippen molar-refractivity contribution in [3.05, 3.63) is 12.2 Å². The Bertz CT molecular complexity index is 285. The average molecular weight is 219 g/mol. The third-order valence-corrected chi connectivity index (χ3v) is 3.30. The maximum Gasteiger partial charge on any atom is 0.211 e. The van der Waals surface area contributed by atoms with E-state index in [0.717, 1.165) is 11.8 Å². The molecule has 1 saturated carbocycles. The smallest absolute Gasteiger partial charge is 0.211 e. The van der Waals surface area contributed by atoms with Gasteiger partial charge in [-0.05, 0) is 31.1 Å². The summed E-state index contributed by atoms with van der Waals surface area (Å²) in [6, 6.07) is 0. The zero-order chi connectivity index (χ0) is 10.6. The van der Waals surface area contributed by atoms with Gasteiger partial charge >= 0.3 is 0 Å².